The van der Waals surface area contributed by atoms with Crippen LogP contribution in [-0.2, 0) is 11.3 Å². The maximum Gasteiger partial charge on any atom is 0.193 e. The second kappa shape index (κ2) is 10.8. The van der Waals surface area contributed by atoms with Gasteiger partial charge in [0.05, 0.1) is 13.2 Å². The maximum atomic E-state index is 14.0. The Hall–Kier alpha value is -0.450. The third kappa shape index (κ3) is 6.03. The topological polar surface area (TPSA) is 40.1 Å². The number of hydrogen-bond donors (Lipinski definition) is 1. The summed E-state index contributed by atoms with van der Waals surface area (Å²) in [5.41, 5.74) is 0.647. The van der Waals surface area contributed by atoms with Crippen molar-refractivity contribution in [1.82, 2.24) is 15.1 Å². The first kappa shape index (κ1) is 21.8. The molecule has 8 heteroatoms. The number of guanidine groups is 1. The molecule has 1 aromatic rings. The van der Waals surface area contributed by atoms with Gasteiger partial charge in [0.2, 0.25) is 0 Å². The molecule has 0 aliphatic carbocycles. The minimum absolute atomic E-state index is 0. The van der Waals surface area contributed by atoms with Crippen LogP contribution in [0.4, 0.5) is 4.39 Å². The maximum absolute atomic E-state index is 14.0. The van der Waals surface area contributed by atoms with Gasteiger partial charge in [-0.1, -0.05) is 22.0 Å². The average Bonchev–Trinajstić information content (AvgIpc) is 3.06. The van der Waals surface area contributed by atoms with E-state index in [-0.39, 0.29) is 29.8 Å². The van der Waals surface area contributed by atoms with Gasteiger partial charge in [-0.3, -0.25) is 9.89 Å². The van der Waals surface area contributed by atoms with Gasteiger partial charge >= 0.3 is 0 Å². The van der Waals surface area contributed by atoms with Gasteiger partial charge in [0, 0.05) is 56.4 Å². The number of halogens is 3. The number of ether oxygens (including phenoxy) is 1. The fraction of sp³-hybridized carbons (Fsp3) is 0.611. The molecule has 0 saturated carbocycles. The summed E-state index contributed by atoms with van der Waals surface area (Å²) in [6.45, 7) is 7.32. The predicted molar refractivity (Wildman–Crippen MR) is 117 cm³/mol. The van der Waals surface area contributed by atoms with Gasteiger partial charge < -0.3 is 15.0 Å². The highest BCUT2D eigenvalue weighted by atomic mass is 127. The zero-order valence-corrected chi connectivity index (χ0v) is 19.0. The van der Waals surface area contributed by atoms with Crippen molar-refractivity contribution < 1.29 is 9.13 Å². The van der Waals surface area contributed by atoms with Crippen LogP contribution in [0, 0.1) is 11.7 Å². The van der Waals surface area contributed by atoms with Crippen molar-refractivity contribution in [3.63, 3.8) is 0 Å². The predicted octanol–water partition coefficient (Wildman–Crippen LogP) is 2.94. The van der Waals surface area contributed by atoms with Gasteiger partial charge in [0.15, 0.2) is 5.96 Å². The minimum atomic E-state index is -0.205. The van der Waals surface area contributed by atoms with Crippen LogP contribution in [0.5, 0.6) is 0 Å². The normalized spacial score (nSPS) is 21.6. The first-order valence-corrected chi connectivity index (χ1v) is 9.64. The molecule has 1 N–H and O–H groups in total. The molecule has 2 aliphatic heterocycles. The first-order valence-electron chi connectivity index (χ1n) is 8.85. The lowest BCUT2D eigenvalue weighted by Gasteiger charge is -2.29. The fourth-order valence-electron chi connectivity index (χ4n) is 3.49. The molecule has 0 spiro atoms. The van der Waals surface area contributed by atoms with Crippen molar-refractivity contribution in [3.05, 3.63) is 34.1 Å². The third-order valence-electron chi connectivity index (χ3n) is 4.87. The van der Waals surface area contributed by atoms with Crippen LogP contribution in [-0.4, -0.2) is 68.7 Å². The van der Waals surface area contributed by atoms with E-state index in [0.29, 0.717) is 18.0 Å². The summed E-state index contributed by atoms with van der Waals surface area (Å²) in [6.07, 6.45) is 1.17. The summed E-state index contributed by atoms with van der Waals surface area (Å²) < 4.78 is 20.1. The van der Waals surface area contributed by atoms with Gasteiger partial charge in [-0.15, -0.1) is 24.0 Å². The number of hydrogen-bond acceptors (Lipinski definition) is 3. The van der Waals surface area contributed by atoms with Gasteiger partial charge in [-0.05, 0) is 24.5 Å². The zero-order valence-electron chi connectivity index (χ0n) is 15.1. The molecule has 0 radical (unpaired) electrons. The molecule has 5 nitrogen and oxygen atoms in total. The number of aliphatic imine (C=N–C) groups is 1. The first-order chi connectivity index (χ1) is 12.2. The molecule has 2 heterocycles. The van der Waals surface area contributed by atoms with Crippen molar-refractivity contribution >= 4 is 45.9 Å². The molecule has 2 saturated heterocycles. The molecule has 3 rings (SSSR count). The number of rotatable bonds is 4. The largest absolute Gasteiger partial charge is 0.379 e. The molecule has 2 aliphatic rings. The van der Waals surface area contributed by atoms with Gasteiger partial charge in [-0.25, -0.2) is 4.39 Å². The van der Waals surface area contributed by atoms with Crippen LogP contribution in [0.2, 0.25) is 0 Å². The lowest BCUT2D eigenvalue weighted by Crippen LogP contribution is -2.42. The van der Waals surface area contributed by atoms with E-state index < -0.39 is 0 Å². The van der Waals surface area contributed by atoms with Crippen molar-refractivity contribution in [2.75, 3.05) is 53.0 Å². The zero-order chi connectivity index (χ0) is 17.6. The Morgan fingerprint density at radius 3 is 2.81 bits per heavy atom. The summed E-state index contributed by atoms with van der Waals surface area (Å²) in [4.78, 5) is 9.15. The smallest absolute Gasteiger partial charge is 0.193 e. The Kier molecular flexibility index (Phi) is 9.05. The number of benzene rings is 1. The number of nitrogens with one attached hydrogen (secondary N) is 1. The Morgan fingerprint density at radius 1 is 1.35 bits per heavy atom. The van der Waals surface area contributed by atoms with E-state index in [9.17, 15) is 4.39 Å². The van der Waals surface area contributed by atoms with Gasteiger partial charge in [0.25, 0.3) is 0 Å². The third-order valence-corrected chi connectivity index (χ3v) is 5.36. The van der Waals surface area contributed by atoms with Crippen molar-refractivity contribution in [2.24, 2.45) is 10.9 Å². The Morgan fingerprint density at radius 2 is 2.12 bits per heavy atom. The van der Waals surface area contributed by atoms with Crippen molar-refractivity contribution in [2.45, 2.75) is 13.0 Å². The van der Waals surface area contributed by atoms with E-state index in [1.165, 1.54) is 12.5 Å². The van der Waals surface area contributed by atoms with Gasteiger partial charge in [0.1, 0.15) is 5.82 Å². The van der Waals surface area contributed by atoms with E-state index in [4.69, 9.17) is 4.74 Å². The van der Waals surface area contributed by atoms with Crippen LogP contribution in [0.25, 0.3) is 0 Å². The molecule has 146 valence electrons. The lowest BCUT2D eigenvalue weighted by molar-refractivity contribution is 0.0315. The number of morpholine rings is 1. The summed E-state index contributed by atoms with van der Waals surface area (Å²) in [7, 11) is 1.79. The molecular formula is C18H27BrFIN4O. The molecular weight excluding hydrogens is 514 g/mol. The SMILES string of the molecule is CN=C(NCc1ccc(Br)cc1F)N1CCC(CN2CCOCC2)C1.I. The van der Waals surface area contributed by atoms with Gasteiger partial charge in [-0.2, -0.15) is 0 Å². The van der Waals surface area contributed by atoms with Crippen molar-refractivity contribution in [1.29, 1.82) is 0 Å². The van der Waals surface area contributed by atoms with Crippen LogP contribution < -0.4 is 5.32 Å². The standard InChI is InChI=1S/C18H26BrFN4O.HI/c1-21-18(22-11-15-2-3-16(19)10-17(15)20)24-5-4-14(13-24)12-23-6-8-25-9-7-23;/h2-3,10,14H,4-9,11-13H2,1H3,(H,21,22);1H. The molecule has 0 bridgehead atoms. The van der Waals surface area contributed by atoms with Crippen LogP contribution >= 0.6 is 39.9 Å². The van der Waals surface area contributed by atoms with E-state index in [1.54, 1.807) is 13.1 Å². The molecule has 1 unspecified atom stereocenters. The van der Waals surface area contributed by atoms with Crippen LogP contribution in [0.1, 0.15) is 12.0 Å². The highest BCUT2D eigenvalue weighted by Gasteiger charge is 2.27. The second-order valence-electron chi connectivity index (χ2n) is 6.65. The molecule has 0 aromatic heterocycles. The Bertz CT molecular complexity index is 613. The number of nitrogens with zero attached hydrogens (tertiary/aromatic N) is 3. The molecule has 2 fully saturated rings. The highest BCUT2D eigenvalue weighted by molar-refractivity contribution is 14.0. The van der Waals surface area contributed by atoms with Crippen LogP contribution in [0.15, 0.2) is 27.7 Å². The number of likely N-dealkylation sites (tertiary alicyclic amines) is 1. The highest BCUT2D eigenvalue weighted by Crippen LogP contribution is 2.19. The summed E-state index contributed by atoms with van der Waals surface area (Å²) >= 11 is 3.29. The summed E-state index contributed by atoms with van der Waals surface area (Å²) in [5.74, 6) is 1.30. The van der Waals surface area contributed by atoms with E-state index in [1.807, 2.05) is 6.07 Å². The van der Waals surface area contributed by atoms with E-state index >= 15 is 0 Å². The minimum Gasteiger partial charge on any atom is -0.379 e. The molecule has 0 amide bonds. The molecule has 1 atom stereocenters. The molecule has 1 aromatic carbocycles. The van der Waals surface area contributed by atoms with Crippen molar-refractivity contribution in [3.8, 4) is 0 Å². The second-order valence-corrected chi connectivity index (χ2v) is 7.57. The Labute approximate surface area is 180 Å². The van der Waals surface area contributed by atoms with Crippen LogP contribution in [0.3, 0.4) is 0 Å². The monoisotopic (exact) mass is 540 g/mol. The lowest BCUT2D eigenvalue weighted by atomic mass is 10.1. The summed E-state index contributed by atoms with van der Waals surface area (Å²) in [6, 6.07) is 5.15. The fourth-order valence-corrected chi connectivity index (χ4v) is 3.83. The summed E-state index contributed by atoms with van der Waals surface area (Å²) in [5, 5.41) is 3.30. The van der Waals surface area contributed by atoms with E-state index in [2.05, 4.69) is 36.0 Å². The average molecular weight is 541 g/mol. The Balaban J connectivity index is 0.00000243. The molecule has 26 heavy (non-hydrogen) atoms. The van der Waals surface area contributed by atoms with E-state index in [0.717, 1.165) is 56.4 Å². The quantitative estimate of drug-likeness (QED) is 0.362.